The molecular weight excluding hydrogens is 262 g/mol. The van der Waals surface area contributed by atoms with Crippen LogP contribution in [0.3, 0.4) is 0 Å². The summed E-state index contributed by atoms with van der Waals surface area (Å²) in [7, 11) is 0. The molecule has 1 aromatic heterocycles. The van der Waals surface area contributed by atoms with E-state index in [0.717, 1.165) is 22.2 Å². The predicted molar refractivity (Wildman–Crippen MR) is 75.7 cm³/mol. The van der Waals surface area contributed by atoms with Crippen LogP contribution in [0, 0.1) is 0 Å². The van der Waals surface area contributed by atoms with Crippen LogP contribution in [0.5, 0.6) is 11.5 Å². The van der Waals surface area contributed by atoms with E-state index in [0.29, 0.717) is 11.6 Å². The number of ether oxygens (including phenoxy) is 1. The molecule has 0 spiro atoms. The Morgan fingerprint density at radius 1 is 1.16 bits per heavy atom. The number of rotatable bonds is 3. The van der Waals surface area contributed by atoms with Crippen molar-refractivity contribution in [2.24, 2.45) is 0 Å². The van der Waals surface area contributed by atoms with Gasteiger partial charge in [0.2, 0.25) is 0 Å². The number of hydrogen-bond donors (Lipinski definition) is 2. The van der Waals surface area contributed by atoms with Crippen molar-refractivity contribution < 1.29 is 9.84 Å². The second-order valence-corrected chi connectivity index (χ2v) is 4.73. The lowest BCUT2D eigenvalue weighted by molar-refractivity contribution is 0.307. The highest BCUT2D eigenvalue weighted by Gasteiger charge is 2.05. The van der Waals surface area contributed by atoms with Crippen LogP contribution in [0.25, 0.3) is 10.9 Å². The number of H-pyrrole nitrogens is 1. The highest BCUT2D eigenvalue weighted by atomic mass is 35.5. The first-order chi connectivity index (χ1) is 9.22. The van der Waals surface area contributed by atoms with Gasteiger partial charge in [-0.25, -0.2) is 0 Å². The van der Waals surface area contributed by atoms with Gasteiger partial charge in [-0.05, 0) is 36.4 Å². The number of aromatic hydroxyl groups is 1. The molecule has 3 aromatic rings. The maximum absolute atomic E-state index is 9.52. The van der Waals surface area contributed by atoms with Gasteiger partial charge in [-0.1, -0.05) is 17.7 Å². The number of fused-ring (bicyclic) bond motifs is 1. The Bertz CT molecular complexity index is 721. The summed E-state index contributed by atoms with van der Waals surface area (Å²) < 4.78 is 5.69. The van der Waals surface area contributed by atoms with E-state index in [1.807, 2.05) is 24.4 Å². The quantitative estimate of drug-likeness (QED) is 0.754. The van der Waals surface area contributed by atoms with Crippen molar-refractivity contribution in [2.75, 3.05) is 0 Å². The molecule has 0 aliphatic heterocycles. The molecule has 0 bridgehead atoms. The SMILES string of the molecule is Oc1ccc2[nH]cc(COc3cccc(Cl)c3)c2c1. The van der Waals surface area contributed by atoms with E-state index in [1.54, 1.807) is 24.3 Å². The van der Waals surface area contributed by atoms with Crippen molar-refractivity contribution in [3.63, 3.8) is 0 Å². The molecule has 0 fully saturated rings. The van der Waals surface area contributed by atoms with Gasteiger partial charge in [0.15, 0.2) is 0 Å². The summed E-state index contributed by atoms with van der Waals surface area (Å²) >= 11 is 5.90. The molecule has 4 heteroatoms. The van der Waals surface area contributed by atoms with Gasteiger partial charge in [-0.15, -0.1) is 0 Å². The number of hydrogen-bond acceptors (Lipinski definition) is 2. The lowest BCUT2D eigenvalue weighted by Crippen LogP contribution is -1.94. The molecule has 0 aliphatic carbocycles. The molecule has 0 saturated heterocycles. The Labute approximate surface area is 115 Å². The molecule has 0 saturated carbocycles. The molecule has 3 nitrogen and oxygen atoms in total. The van der Waals surface area contributed by atoms with E-state index in [2.05, 4.69) is 4.98 Å². The van der Waals surface area contributed by atoms with Crippen molar-refractivity contribution in [1.29, 1.82) is 0 Å². The zero-order valence-corrected chi connectivity index (χ0v) is 10.8. The minimum Gasteiger partial charge on any atom is -0.508 e. The molecule has 0 radical (unpaired) electrons. The molecule has 0 amide bonds. The fraction of sp³-hybridized carbons (Fsp3) is 0.0667. The van der Waals surface area contributed by atoms with Crippen molar-refractivity contribution in [2.45, 2.75) is 6.61 Å². The van der Waals surface area contributed by atoms with Gasteiger partial charge in [0.1, 0.15) is 18.1 Å². The topological polar surface area (TPSA) is 45.2 Å². The lowest BCUT2D eigenvalue weighted by Gasteiger charge is -2.05. The molecule has 0 aliphatic rings. The zero-order chi connectivity index (χ0) is 13.2. The predicted octanol–water partition coefficient (Wildman–Crippen LogP) is 4.11. The van der Waals surface area contributed by atoms with Crippen molar-refractivity contribution in [3.05, 3.63) is 59.2 Å². The Balaban J connectivity index is 1.84. The zero-order valence-electron chi connectivity index (χ0n) is 10.1. The van der Waals surface area contributed by atoms with E-state index in [4.69, 9.17) is 16.3 Å². The van der Waals surface area contributed by atoms with E-state index < -0.39 is 0 Å². The van der Waals surface area contributed by atoms with Crippen molar-refractivity contribution in [1.82, 2.24) is 4.98 Å². The molecule has 1 heterocycles. The lowest BCUT2D eigenvalue weighted by atomic mass is 10.2. The number of phenols is 1. The summed E-state index contributed by atoms with van der Waals surface area (Å²) in [6.07, 6.45) is 1.88. The third-order valence-corrected chi connectivity index (χ3v) is 3.18. The number of nitrogens with one attached hydrogen (secondary N) is 1. The fourth-order valence-electron chi connectivity index (χ4n) is 2.00. The van der Waals surface area contributed by atoms with Crippen LogP contribution in [0.15, 0.2) is 48.7 Å². The molecule has 2 N–H and O–H groups in total. The smallest absolute Gasteiger partial charge is 0.121 e. The summed E-state index contributed by atoms with van der Waals surface area (Å²) in [6, 6.07) is 12.5. The largest absolute Gasteiger partial charge is 0.508 e. The second kappa shape index (κ2) is 4.86. The fourth-order valence-corrected chi connectivity index (χ4v) is 2.18. The Morgan fingerprint density at radius 3 is 2.89 bits per heavy atom. The monoisotopic (exact) mass is 273 g/mol. The summed E-state index contributed by atoms with van der Waals surface area (Å²) in [6.45, 7) is 0.420. The summed E-state index contributed by atoms with van der Waals surface area (Å²) in [4.78, 5) is 3.15. The maximum atomic E-state index is 9.52. The van der Waals surface area contributed by atoms with Crippen LogP contribution in [0.4, 0.5) is 0 Å². The van der Waals surface area contributed by atoms with Crippen LogP contribution < -0.4 is 4.74 Å². The number of halogens is 1. The van der Waals surface area contributed by atoms with Gasteiger partial charge >= 0.3 is 0 Å². The van der Waals surface area contributed by atoms with Gasteiger partial charge in [0.25, 0.3) is 0 Å². The number of aromatic amines is 1. The summed E-state index contributed by atoms with van der Waals surface area (Å²) in [5.74, 6) is 0.970. The number of aromatic nitrogens is 1. The minimum absolute atomic E-state index is 0.246. The second-order valence-electron chi connectivity index (χ2n) is 4.29. The highest BCUT2D eigenvalue weighted by molar-refractivity contribution is 6.30. The molecule has 0 atom stereocenters. The first-order valence-corrected chi connectivity index (χ1v) is 6.27. The van der Waals surface area contributed by atoms with Gasteiger partial charge in [-0.2, -0.15) is 0 Å². The van der Waals surface area contributed by atoms with Crippen LogP contribution in [-0.2, 0) is 6.61 Å². The van der Waals surface area contributed by atoms with Crippen LogP contribution in [0.2, 0.25) is 5.02 Å². The average molecular weight is 274 g/mol. The molecule has 96 valence electrons. The van der Waals surface area contributed by atoms with Crippen molar-refractivity contribution in [3.8, 4) is 11.5 Å². The minimum atomic E-state index is 0.246. The van der Waals surface area contributed by atoms with E-state index in [-0.39, 0.29) is 5.75 Å². The number of phenolic OH excluding ortho intramolecular Hbond substituents is 1. The molecule has 2 aromatic carbocycles. The van der Waals surface area contributed by atoms with Crippen LogP contribution >= 0.6 is 11.6 Å². The van der Waals surface area contributed by atoms with E-state index in [9.17, 15) is 5.11 Å². The van der Waals surface area contributed by atoms with Gasteiger partial charge in [0.05, 0.1) is 0 Å². The van der Waals surface area contributed by atoms with Gasteiger partial charge < -0.3 is 14.8 Å². The first-order valence-electron chi connectivity index (χ1n) is 5.90. The van der Waals surface area contributed by atoms with E-state index >= 15 is 0 Å². The Hall–Kier alpha value is -2.13. The first kappa shape index (κ1) is 11.9. The standard InChI is InChI=1S/C15H12ClNO2/c16-11-2-1-3-13(6-11)19-9-10-8-17-15-5-4-12(18)7-14(10)15/h1-8,17-18H,9H2. The summed E-state index contributed by atoms with van der Waals surface area (Å²) in [5, 5.41) is 11.1. The Morgan fingerprint density at radius 2 is 2.05 bits per heavy atom. The van der Waals surface area contributed by atoms with Crippen LogP contribution in [-0.4, -0.2) is 10.1 Å². The third-order valence-electron chi connectivity index (χ3n) is 2.94. The normalized spacial score (nSPS) is 10.8. The van der Waals surface area contributed by atoms with Gasteiger partial charge in [0, 0.05) is 27.7 Å². The van der Waals surface area contributed by atoms with Crippen molar-refractivity contribution >= 4 is 22.5 Å². The summed E-state index contributed by atoms with van der Waals surface area (Å²) in [5.41, 5.74) is 1.97. The van der Waals surface area contributed by atoms with Crippen LogP contribution in [0.1, 0.15) is 5.56 Å². The maximum Gasteiger partial charge on any atom is 0.121 e. The average Bonchev–Trinajstić information content (AvgIpc) is 2.79. The van der Waals surface area contributed by atoms with Gasteiger partial charge in [-0.3, -0.25) is 0 Å². The number of benzene rings is 2. The molecule has 19 heavy (non-hydrogen) atoms. The molecule has 0 unspecified atom stereocenters. The Kier molecular flexibility index (Phi) is 3.05. The van der Waals surface area contributed by atoms with E-state index in [1.165, 1.54) is 0 Å². The molecular formula is C15H12ClNO2. The molecule has 3 rings (SSSR count). The third kappa shape index (κ3) is 2.51. The highest BCUT2D eigenvalue weighted by Crippen LogP contribution is 2.24.